The first kappa shape index (κ1) is 24.7. The van der Waals surface area contributed by atoms with Crippen LogP contribution in [0.3, 0.4) is 0 Å². The molecule has 9 nitrogen and oxygen atoms in total. The summed E-state index contributed by atoms with van der Waals surface area (Å²) < 4.78 is 72.3. The number of hydrogen-bond acceptors (Lipinski definition) is 8. The zero-order chi connectivity index (χ0) is 25.0. The lowest BCUT2D eigenvalue weighted by atomic mass is 10.1. The molecule has 1 aliphatic heterocycles. The van der Waals surface area contributed by atoms with E-state index in [0.717, 1.165) is 24.3 Å². The van der Waals surface area contributed by atoms with Crippen LogP contribution in [0.25, 0.3) is 0 Å². The van der Waals surface area contributed by atoms with Crippen molar-refractivity contribution in [1.82, 2.24) is 19.3 Å². The Labute approximate surface area is 200 Å². The molecule has 4 rings (SSSR count). The predicted octanol–water partition coefficient (Wildman–Crippen LogP) is 3.70. The Kier molecular flexibility index (Phi) is 7.36. The molecule has 2 N–H and O–H groups in total. The number of rotatable bonds is 8. The first-order chi connectivity index (χ1) is 16.7. The van der Waals surface area contributed by atoms with E-state index < -0.39 is 27.5 Å². The molecule has 0 unspecified atom stereocenters. The highest BCUT2D eigenvalue weighted by Crippen LogP contribution is 2.24. The van der Waals surface area contributed by atoms with Crippen LogP contribution in [-0.4, -0.2) is 53.4 Å². The number of nitrogens with zero attached hydrogens (tertiary/aromatic N) is 4. The number of ether oxygens (including phenoxy) is 1. The zero-order valence-electron chi connectivity index (χ0n) is 18.7. The van der Waals surface area contributed by atoms with Gasteiger partial charge < -0.3 is 15.4 Å². The number of nitrogens with one attached hydrogen (secondary N) is 2. The molecular weight excluding hydrogens is 485 g/mol. The summed E-state index contributed by atoms with van der Waals surface area (Å²) in [5.41, 5.74) is 0.239. The third kappa shape index (κ3) is 5.98. The largest absolute Gasteiger partial charge is 0.464 e. The quantitative estimate of drug-likeness (QED) is 0.474. The van der Waals surface area contributed by atoms with Crippen LogP contribution < -0.4 is 15.4 Å². The summed E-state index contributed by atoms with van der Waals surface area (Å²) in [5, 5.41) is 5.95. The van der Waals surface area contributed by atoms with Crippen molar-refractivity contribution in [3.63, 3.8) is 0 Å². The van der Waals surface area contributed by atoms with Crippen LogP contribution in [0.4, 0.5) is 30.8 Å². The molecule has 1 aromatic heterocycles. The SMILES string of the molecule is CCOc1nc(Nc2ccc(F)c(F)c2)nc(NC2CCN(S(=O)(=O)c3ccc(F)cc3)CC2)n1. The van der Waals surface area contributed by atoms with E-state index in [4.69, 9.17) is 4.74 Å². The van der Waals surface area contributed by atoms with Gasteiger partial charge in [-0.05, 0) is 56.2 Å². The number of sulfonamides is 1. The van der Waals surface area contributed by atoms with Crippen molar-refractivity contribution >= 4 is 27.6 Å². The Bertz CT molecular complexity index is 1290. The van der Waals surface area contributed by atoms with Crippen molar-refractivity contribution in [2.24, 2.45) is 0 Å². The summed E-state index contributed by atoms with van der Waals surface area (Å²) >= 11 is 0. The standard InChI is InChI=1S/C22H23F3N6O3S/c1-2-34-22-29-20(28-21(30-22)27-16-5-8-18(24)19(25)13-16)26-15-9-11-31(12-10-15)35(32,33)17-6-3-14(23)4-7-17/h3-8,13,15H,2,9-12H2,1H3,(H2,26,27,28,29,30). The molecule has 1 aliphatic rings. The van der Waals surface area contributed by atoms with E-state index in [0.29, 0.717) is 19.4 Å². The van der Waals surface area contributed by atoms with Gasteiger partial charge in [0.1, 0.15) is 5.82 Å². The Hall–Kier alpha value is -3.45. The van der Waals surface area contributed by atoms with Gasteiger partial charge in [-0.25, -0.2) is 21.6 Å². The molecule has 186 valence electrons. The van der Waals surface area contributed by atoms with E-state index in [-0.39, 0.29) is 47.6 Å². The summed E-state index contributed by atoms with van der Waals surface area (Å²) in [6.45, 7) is 2.56. The van der Waals surface area contributed by atoms with Gasteiger partial charge in [0.15, 0.2) is 11.6 Å². The van der Waals surface area contributed by atoms with Crippen molar-refractivity contribution < 1.29 is 26.3 Å². The number of aromatic nitrogens is 3. The van der Waals surface area contributed by atoms with Gasteiger partial charge in [-0.2, -0.15) is 19.3 Å². The minimum Gasteiger partial charge on any atom is -0.464 e. The number of hydrogen-bond donors (Lipinski definition) is 2. The van der Waals surface area contributed by atoms with Crippen molar-refractivity contribution in [3.8, 4) is 6.01 Å². The summed E-state index contributed by atoms with van der Waals surface area (Å²) in [4.78, 5) is 12.7. The molecule has 1 fully saturated rings. The Morgan fingerprint density at radius 1 is 0.971 bits per heavy atom. The number of anilines is 3. The highest BCUT2D eigenvalue weighted by atomic mass is 32.2. The minimum absolute atomic E-state index is 0.0337. The van der Waals surface area contributed by atoms with Gasteiger partial charge in [0.05, 0.1) is 11.5 Å². The summed E-state index contributed by atoms with van der Waals surface area (Å²) in [5.74, 6) is -2.25. The molecule has 0 bridgehead atoms. The van der Waals surface area contributed by atoms with Crippen molar-refractivity contribution in [3.05, 3.63) is 59.9 Å². The molecule has 0 spiro atoms. The minimum atomic E-state index is -3.73. The molecule has 0 atom stereocenters. The molecule has 2 aromatic carbocycles. The topological polar surface area (TPSA) is 109 Å². The smallest absolute Gasteiger partial charge is 0.323 e. The summed E-state index contributed by atoms with van der Waals surface area (Å²) in [7, 11) is -3.73. The molecular formula is C22H23F3N6O3S. The van der Waals surface area contributed by atoms with Gasteiger partial charge >= 0.3 is 6.01 Å². The lowest BCUT2D eigenvalue weighted by Crippen LogP contribution is -2.42. The van der Waals surface area contributed by atoms with Crippen LogP contribution in [0.2, 0.25) is 0 Å². The first-order valence-electron chi connectivity index (χ1n) is 10.9. The normalized spacial score (nSPS) is 15.1. The van der Waals surface area contributed by atoms with Crippen LogP contribution in [0.1, 0.15) is 19.8 Å². The van der Waals surface area contributed by atoms with Gasteiger partial charge in [0.2, 0.25) is 21.9 Å². The van der Waals surface area contributed by atoms with Gasteiger partial charge in [0, 0.05) is 30.9 Å². The van der Waals surface area contributed by atoms with Gasteiger partial charge in [-0.15, -0.1) is 0 Å². The monoisotopic (exact) mass is 508 g/mol. The second-order valence-electron chi connectivity index (χ2n) is 7.73. The average Bonchev–Trinajstić information content (AvgIpc) is 2.82. The molecule has 3 aromatic rings. The number of benzene rings is 2. The number of piperidine rings is 1. The van der Waals surface area contributed by atoms with E-state index in [1.54, 1.807) is 6.92 Å². The van der Waals surface area contributed by atoms with Gasteiger partial charge in [-0.3, -0.25) is 0 Å². The molecule has 0 radical (unpaired) electrons. The van der Waals surface area contributed by atoms with E-state index in [9.17, 15) is 21.6 Å². The second-order valence-corrected chi connectivity index (χ2v) is 9.67. The average molecular weight is 509 g/mol. The molecule has 35 heavy (non-hydrogen) atoms. The third-order valence-electron chi connectivity index (χ3n) is 5.30. The van der Waals surface area contributed by atoms with Crippen LogP contribution in [0.15, 0.2) is 47.4 Å². The summed E-state index contributed by atoms with van der Waals surface area (Å²) in [6, 6.07) is 7.92. The second kappa shape index (κ2) is 10.4. The fourth-order valence-electron chi connectivity index (χ4n) is 3.55. The van der Waals surface area contributed by atoms with E-state index in [2.05, 4.69) is 25.6 Å². The maximum atomic E-state index is 13.5. The van der Waals surface area contributed by atoms with E-state index in [1.807, 2.05) is 0 Å². The lowest BCUT2D eigenvalue weighted by molar-refractivity contribution is 0.311. The fourth-order valence-corrected chi connectivity index (χ4v) is 5.02. The van der Waals surface area contributed by atoms with Crippen molar-refractivity contribution in [1.29, 1.82) is 0 Å². The Morgan fingerprint density at radius 3 is 2.31 bits per heavy atom. The fraction of sp³-hybridized carbons (Fsp3) is 0.318. The van der Waals surface area contributed by atoms with Crippen LogP contribution in [0.5, 0.6) is 6.01 Å². The Morgan fingerprint density at radius 2 is 1.66 bits per heavy atom. The Balaban J connectivity index is 1.44. The summed E-state index contributed by atoms with van der Waals surface area (Å²) in [6.07, 6.45) is 0.948. The zero-order valence-corrected chi connectivity index (χ0v) is 19.5. The van der Waals surface area contributed by atoms with E-state index in [1.165, 1.54) is 22.5 Å². The molecule has 1 saturated heterocycles. The first-order valence-corrected chi connectivity index (χ1v) is 12.3. The van der Waals surface area contributed by atoms with Crippen LogP contribution in [-0.2, 0) is 10.0 Å². The third-order valence-corrected chi connectivity index (χ3v) is 7.22. The molecule has 0 saturated carbocycles. The predicted molar refractivity (Wildman–Crippen MR) is 122 cm³/mol. The molecule has 13 heteroatoms. The van der Waals surface area contributed by atoms with E-state index >= 15 is 0 Å². The highest BCUT2D eigenvalue weighted by Gasteiger charge is 2.30. The van der Waals surface area contributed by atoms with Crippen molar-refractivity contribution in [2.45, 2.75) is 30.7 Å². The van der Waals surface area contributed by atoms with Crippen LogP contribution >= 0.6 is 0 Å². The molecule has 0 aliphatic carbocycles. The van der Waals surface area contributed by atoms with Crippen molar-refractivity contribution in [2.75, 3.05) is 30.3 Å². The number of halogens is 3. The molecule has 0 amide bonds. The molecule has 2 heterocycles. The highest BCUT2D eigenvalue weighted by molar-refractivity contribution is 7.89. The van der Waals surface area contributed by atoms with Gasteiger partial charge in [0.25, 0.3) is 0 Å². The lowest BCUT2D eigenvalue weighted by Gasteiger charge is -2.31. The van der Waals surface area contributed by atoms with Crippen LogP contribution in [0, 0.1) is 17.5 Å². The van der Waals surface area contributed by atoms with Gasteiger partial charge in [-0.1, -0.05) is 0 Å². The maximum Gasteiger partial charge on any atom is 0.323 e. The maximum absolute atomic E-state index is 13.5.